The van der Waals surface area contributed by atoms with E-state index in [1.165, 1.54) is 5.56 Å². The van der Waals surface area contributed by atoms with Gasteiger partial charge in [0.2, 0.25) is 0 Å². The van der Waals surface area contributed by atoms with Crippen LogP contribution < -0.4 is 14.8 Å². The quantitative estimate of drug-likeness (QED) is 0.616. The molecule has 4 nitrogen and oxygen atoms in total. The fraction of sp³-hybridized carbons (Fsp3) is 0.400. The van der Waals surface area contributed by atoms with E-state index in [1.54, 1.807) is 7.11 Å². The molecule has 2 aromatic carbocycles. The first-order chi connectivity index (χ1) is 11.8. The third kappa shape index (κ3) is 6.50. The molecule has 0 unspecified atom stereocenters. The van der Waals surface area contributed by atoms with E-state index in [0.717, 1.165) is 43.2 Å². The minimum absolute atomic E-state index is 0.565. The molecule has 2 rings (SSSR count). The highest BCUT2D eigenvalue weighted by molar-refractivity contribution is 5.47. The van der Waals surface area contributed by atoms with E-state index in [4.69, 9.17) is 14.2 Å². The maximum atomic E-state index is 5.67. The van der Waals surface area contributed by atoms with Crippen molar-refractivity contribution < 1.29 is 14.2 Å². The standard InChI is InChI=1S/C20H27NO3/c1-3-4-13-23-19-9-5-17(6-10-19)16-21-18-7-11-20(12-8-18)24-15-14-22-2/h5-12,21H,3-4,13-16H2,1-2H3. The molecule has 0 atom stereocenters. The van der Waals surface area contributed by atoms with E-state index >= 15 is 0 Å². The molecule has 0 radical (unpaired) electrons. The van der Waals surface area contributed by atoms with Crippen LogP contribution in [0.25, 0.3) is 0 Å². The van der Waals surface area contributed by atoms with Gasteiger partial charge in [-0.25, -0.2) is 0 Å². The van der Waals surface area contributed by atoms with Crippen LogP contribution in [0.15, 0.2) is 48.5 Å². The summed E-state index contributed by atoms with van der Waals surface area (Å²) >= 11 is 0. The average molecular weight is 329 g/mol. The predicted molar refractivity (Wildman–Crippen MR) is 98.0 cm³/mol. The fourth-order valence-electron chi connectivity index (χ4n) is 2.15. The van der Waals surface area contributed by atoms with Crippen molar-refractivity contribution in [2.45, 2.75) is 26.3 Å². The van der Waals surface area contributed by atoms with Crippen LogP contribution in [-0.2, 0) is 11.3 Å². The third-order valence-corrected chi connectivity index (χ3v) is 3.60. The number of nitrogens with one attached hydrogen (secondary N) is 1. The maximum absolute atomic E-state index is 5.67. The van der Waals surface area contributed by atoms with Crippen molar-refractivity contribution in [2.24, 2.45) is 0 Å². The van der Waals surface area contributed by atoms with E-state index in [-0.39, 0.29) is 0 Å². The van der Waals surface area contributed by atoms with Crippen LogP contribution in [0.5, 0.6) is 11.5 Å². The molecular formula is C20H27NO3. The van der Waals surface area contributed by atoms with E-state index in [9.17, 15) is 0 Å². The number of hydrogen-bond donors (Lipinski definition) is 1. The Morgan fingerprint density at radius 2 is 1.42 bits per heavy atom. The van der Waals surface area contributed by atoms with Gasteiger partial charge < -0.3 is 19.5 Å². The van der Waals surface area contributed by atoms with Crippen LogP contribution in [0.3, 0.4) is 0 Å². The lowest BCUT2D eigenvalue weighted by Gasteiger charge is -2.10. The van der Waals surface area contributed by atoms with E-state index < -0.39 is 0 Å². The van der Waals surface area contributed by atoms with Gasteiger partial charge in [-0.05, 0) is 48.4 Å². The normalized spacial score (nSPS) is 10.4. The number of hydrogen-bond acceptors (Lipinski definition) is 4. The highest BCUT2D eigenvalue weighted by Crippen LogP contribution is 2.17. The van der Waals surface area contributed by atoms with Crippen molar-refractivity contribution in [3.8, 4) is 11.5 Å². The summed E-state index contributed by atoms with van der Waals surface area (Å²) in [7, 11) is 1.67. The van der Waals surface area contributed by atoms with Crippen molar-refractivity contribution in [3.05, 3.63) is 54.1 Å². The number of rotatable bonds is 11. The minimum atomic E-state index is 0.565. The monoisotopic (exact) mass is 329 g/mol. The van der Waals surface area contributed by atoms with Crippen LogP contribution in [0.4, 0.5) is 5.69 Å². The van der Waals surface area contributed by atoms with Crippen LogP contribution in [0.1, 0.15) is 25.3 Å². The second-order valence-corrected chi connectivity index (χ2v) is 5.57. The summed E-state index contributed by atoms with van der Waals surface area (Å²) in [5, 5.41) is 3.41. The molecule has 2 aromatic rings. The van der Waals surface area contributed by atoms with Gasteiger partial charge in [-0.15, -0.1) is 0 Å². The highest BCUT2D eigenvalue weighted by atomic mass is 16.5. The molecule has 24 heavy (non-hydrogen) atoms. The maximum Gasteiger partial charge on any atom is 0.119 e. The topological polar surface area (TPSA) is 39.7 Å². The zero-order valence-corrected chi connectivity index (χ0v) is 14.6. The van der Waals surface area contributed by atoms with E-state index in [1.807, 2.05) is 36.4 Å². The molecule has 0 saturated carbocycles. The number of unbranched alkanes of at least 4 members (excludes halogenated alkanes) is 1. The molecule has 1 N–H and O–H groups in total. The minimum Gasteiger partial charge on any atom is -0.494 e. The molecule has 0 aliphatic heterocycles. The lowest BCUT2D eigenvalue weighted by Crippen LogP contribution is -2.04. The Morgan fingerprint density at radius 3 is 2.04 bits per heavy atom. The summed E-state index contributed by atoms with van der Waals surface area (Å²) < 4.78 is 16.2. The zero-order valence-electron chi connectivity index (χ0n) is 14.6. The summed E-state index contributed by atoms with van der Waals surface area (Å²) in [4.78, 5) is 0. The number of anilines is 1. The Hall–Kier alpha value is -2.20. The summed E-state index contributed by atoms with van der Waals surface area (Å²) in [5.41, 5.74) is 2.29. The molecular weight excluding hydrogens is 302 g/mol. The Kier molecular flexibility index (Phi) is 7.98. The molecule has 0 fully saturated rings. The van der Waals surface area contributed by atoms with Crippen molar-refractivity contribution in [1.82, 2.24) is 0 Å². The predicted octanol–water partition coefficient (Wildman–Crippen LogP) is 4.50. The lowest BCUT2D eigenvalue weighted by atomic mass is 10.2. The Morgan fingerprint density at radius 1 is 0.792 bits per heavy atom. The molecule has 4 heteroatoms. The Labute approximate surface area is 144 Å². The summed E-state index contributed by atoms with van der Waals surface area (Å²) in [6.07, 6.45) is 2.24. The molecule has 0 saturated heterocycles. The van der Waals surface area contributed by atoms with Gasteiger partial charge in [0.15, 0.2) is 0 Å². The first-order valence-electron chi connectivity index (χ1n) is 8.49. The van der Waals surface area contributed by atoms with Crippen LogP contribution in [-0.4, -0.2) is 26.9 Å². The van der Waals surface area contributed by atoms with Crippen molar-refractivity contribution >= 4 is 5.69 Å². The van der Waals surface area contributed by atoms with Crippen LogP contribution in [0.2, 0.25) is 0 Å². The highest BCUT2D eigenvalue weighted by Gasteiger charge is 1.98. The number of benzene rings is 2. The SMILES string of the molecule is CCCCOc1ccc(CNc2ccc(OCCOC)cc2)cc1. The lowest BCUT2D eigenvalue weighted by molar-refractivity contribution is 0.146. The fourth-order valence-corrected chi connectivity index (χ4v) is 2.15. The van der Waals surface area contributed by atoms with Crippen molar-refractivity contribution in [3.63, 3.8) is 0 Å². The van der Waals surface area contributed by atoms with Gasteiger partial charge in [0.1, 0.15) is 18.1 Å². The van der Waals surface area contributed by atoms with Crippen LogP contribution >= 0.6 is 0 Å². The Bertz CT molecular complexity index is 513. The second-order valence-electron chi connectivity index (χ2n) is 5.57. The second kappa shape index (κ2) is 10.6. The first kappa shape index (κ1) is 18.1. The largest absolute Gasteiger partial charge is 0.494 e. The smallest absolute Gasteiger partial charge is 0.119 e. The summed E-state index contributed by atoms with van der Waals surface area (Å²) in [5.74, 6) is 1.79. The molecule has 0 heterocycles. The number of methoxy groups -OCH3 is 1. The summed E-state index contributed by atoms with van der Waals surface area (Å²) in [6, 6.07) is 16.2. The van der Waals surface area contributed by atoms with Gasteiger partial charge in [-0.1, -0.05) is 25.5 Å². The van der Waals surface area contributed by atoms with Gasteiger partial charge >= 0.3 is 0 Å². The first-order valence-corrected chi connectivity index (χ1v) is 8.49. The van der Waals surface area contributed by atoms with E-state index in [2.05, 4.69) is 24.4 Å². The van der Waals surface area contributed by atoms with Crippen molar-refractivity contribution in [2.75, 3.05) is 32.2 Å². The van der Waals surface area contributed by atoms with Gasteiger partial charge in [0.05, 0.1) is 13.2 Å². The average Bonchev–Trinajstić information content (AvgIpc) is 2.63. The van der Waals surface area contributed by atoms with Gasteiger partial charge in [-0.3, -0.25) is 0 Å². The van der Waals surface area contributed by atoms with Gasteiger partial charge in [0, 0.05) is 19.3 Å². The Balaban J connectivity index is 1.76. The molecule has 0 aromatic heterocycles. The molecule has 0 bridgehead atoms. The number of ether oxygens (including phenoxy) is 3. The van der Waals surface area contributed by atoms with Gasteiger partial charge in [-0.2, -0.15) is 0 Å². The third-order valence-electron chi connectivity index (χ3n) is 3.60. The molecule has 130 valence electrons. The van der Waals surface area contributed by atoms with Gasteiger partial charge in [0.25, 0.3) is 0 Å². The molecule has 0 aliphatic rings. The summed E-state index contributed by atoms with van der Waals surface area (Å²) in [6.45, 7) is 4.89. The molecule has 0 spiro atoms. The van der Waals surface area contributed by atoms with Crippen LogP contribution in [0, 0.1) is 0 Å². The van der Waals surface area contributed by atoms with E-state index in [0.29, 0.717) is 13.2 Å². The van der Waals surface area contributed by atoms with Crippen molar-refractivity contribution in [1.29, 1.82) is 0 Å². The molecule has 0 aliphatic carbocycles. The zero-order chi connectivity index (χ0) is 17.0. The molecule has 0 amide bonds.